The SMILES string of the molecule is Cc1cc(C(=O)N=Nc2c(O)[nH]c3ccc(C(C)C)cc23)c(C)n1-c1ccc(F)cc1. The number of carbonyl (C=O) groups excluding carboxylic acids is 1. The Bertz CT molecular complexity index is 1310. The van der Waals surface area contributed by atoms with E-state index in [0.717, 1.165) is 22.5 Å². The van der Waals surface area contributed by atoms with Crippen LogP contribution < -0.4 is 0 Å². The molecule has 4 aromatic rings. The molecule has 0 aliphatic carbocycles. The number of hydrogen-bond acceptors (Lipinski definition) is 3. The predicted octanol–water partition coefficient (Wildman–Crippen LogP) is 6.47. The van der Waals surface area contributed by atoms with E-state index in [1.54, 1.807) is 25.1 Å². The van der Waals surface area contributed by atoms with Gasteiger partial charge in [0.05, 0.1) is 11.1 Å². The maximum atomic E-state index is 13.3. The number of halogens is 1. The topological polar surface area (TPSA) is 82.7 Å². The first-order chi connectivity index (χ1) is 14.8. The molecule has 0 aliphatic heterocycles. The second kappa shape index (κ2) is 7.83. The molecule has 2 aromatic carbocycles. The molecule has 0 saturated heterocycles. The van der Waals surface area contributed by atoms with Gasteiger partial charge in [-0.3, -0.25) is 4.79 Å². The Balaban J connectivity index is 1.69. The number of aryl methyl sites for hydroxylation is 1. The summed E-state index contributed by atoms with van der Waals surface area (Å²) in [5.74, 6) is -0.667. The second-order valence-corrected chi connectivity index (χ2v) is 7.88. The van der Waals surface area contributed by atoms with Crippen molar-refractivity contribution in [1.82, 2.24) is 9.55 Å². The zero-order valence-electron chi connectivity index (χ0n) is 17.8. The van der Waals surface area contributed by atoms with Crippen LogP contribution in [-0.4, -0.2) is 20.6 Å². The first-order valence-corrected chi connectivity index (χ1v) is 10.0. The van der Waals surface area contributed by atoms with E-state index in [9.17, 15) is 14.3 Å². The number of aromatic nitrogens is 2. The number of nitrogens with one attached hydrogen (secondary N) is 1. The van der Waals surface area contributed by atoms with E-state index in [-0.39, 0.29) is 17.4 Å². The van der Waals surface area contributed by atoms with Gasteiger partial charge in [-0.15, -0.1) is 10.2 Å². The Kier molecular flexibility index (Phi) is 5.19. The van der Waals surface area contributed by atoms with E-state index in [2.05, 4.69) is 29.1 Å². The van der Waals surface area contributed by atoms with Gasteiger partial charge in [0.2, 0.25) is 5.88 Å². The standard InChI is InChI=1S/C24H23FN4O2/c1-13(2)16-5-10-21-20(12-16)22(24(31)26-21)27-28-23(30)19-11-14(3)29(15(19)4)18-8-6-17(25)7-9-18/h5-13,26,31H,1-4H3. The number of hydrogen-bond donors (Lipinski definition) is 2. The third kappa shape index (κ3) is 3.74. The molecule has 0 saturated carbocycles. The van der Waals surface area contributed by atoms with Gasteiger partial charge in [-0.2, -0.15) is 0 Å². The number of H-pyrrole nitrogens is 1. The molecule has 1 amide bonds. The van der Waals surface area contributed by atoms with E-state index in [4.69, 9.17) is 0 Å². The maximum Gasteiger partial charge on any atom is 0.297 e. The van der Waals surface area contributed by atoms with Gasteiger partial charge < -0.3 is 14.7 Å². The third-order valence-electron chi connectivity index (χ3n) is 5.43. The summed E-state index contributed by atoms with van der Waals surface area (Å²) >= 11 is 0. The zero-order chi connectivity index (χ0) is 22.3. The highest BCUT2D eigenvalue weighted by atomic mass is 19.1. The average Bonchev–Trinajstić information content (AvgIpc) is 3.21. The lowest BCUT2D eigenvalue weighted by Crippen LogP contribution is -2.01. The number of nitrogens with zero attached hydrogens (tertiary/aromatic N) is 3. The fraction of sp³-hybridized carbons (Fsp3) is 0.208. The molecule has 7 heteroatoms. The maximum absolute atomic E-state index is 13.3. The number of fused-ring (bicyclic) bond motifs is 1. The molecule has 2 aromatic heterocycles. The third-order valence-corrected chi connectivity index (χ3v) is 5.43. The van der Waals surface area contributed by atoms with E-state index in [0.29, 0.717) is 22.6 Å². The minimum Gasteiger partial charge on any atom is -0.493 e. The molecular weight excluding hydrogens is 395 g/mol. The van der Waals surface area contributed by atoms with Gasteiger partial charge in [-0.1, -0.05) is 19.9 Å². The molecule has 0 bridgehead atoms. The van der Waals surface area contributed by atoms with Crippen molar-refractivity contribution < 1.29 is 14.3 Å². The van der Waals surface area contributed by atoms with Crippen molar-refractivity contribution in [1.29, 1.82) is 0 Å². The Hall–Kier alpha value is -3.74. The van der Waals surface area contributed by atoms with Gasteiger partial charge in [-0.25, -0.2) is 4.39 Å². The summed E-state index contributed by atoms with van der Waals surface area (Å²) in [4.78, 5) is 15.7. The second-order valence-electron chi connectivity index (χ2n) is 7.88. The van der Waals surface area contributed by atoms with Crippen LogP contribution in [0.5, 0.6) is 5.88 Å². The highest BCUT2D eigenvalue weighted by molar-refractivity contribution is 5.98. The molecule has 0 spiro atoms. The Morgan fingerprint density at radius 2 is 1.81 bits per heavy atom. The van der Waals surface area contributed by atoms with Gasteiger partial charge in [0.25, 0.3) is 5.91 Å². The first-order valence-electron chi connectivity index (χ1n) is 10.0. The summed E-state index contributed by atoms with van der Waals surface area (Å²) in [7, 11) is 0. The molecule has 0 radical (unpaired) electrons. The van der Waals surface area contributed by atoms with Gasteiger partial charge in [0.1, 0.15) is 5.82 Å². The summed E-state index contributed by atoms with van der Waals surface area (Å²) < 4.78 is 15.1. The molecule has 0 atom stereocenters. The van der Waals surface area contributed by atoms with Crippen molar-refractivity contribution in [3.63, 3.8) is 0 Å². The van der Waals surface area contributed by atoms with Crippen LogP contribution in [0.25, 0.3) is 16.6 Å². The number of aromatic hydroxyl groups is 1. The Morgan fingerprint density at radius 3 is 2.48 bits per heavy atom. The lowest BCUT2D eigenvalue weighted by atomic mass is 10.0. The normalized spacial score (nSPS) is 11.8. The molecule has 2 heterocycles. The molecule has 2 N–H and O–H groups in total. The molecule has 158 valence electrons. The first kappa shape index (κ1) is 20.5. The van der Waals surface area contributed by atoms with E-state index < -0.39 is 5.91 Å². The monoisotopic (exact) mass is 418 g/mol. The minimum absolute atomic E-state index is 0.135. The fourth-order valence-corrected chi connectivity index (χ4v) is 3.76. The summed E-state index contributed by atoms with van der Waals surface area (Å²) in [6, 6.07) is 13.6. The quantitative estimate of drug-likeness (QED) is 0.372. The molecule has 0 aliphatic rings. The van der Waals surface area contributed by atoms with Crippen LogP contribution in [0.1, 0.15) is 47.1 Å². The van der Waals surface area contributed by atoms with E-state index in [1.807, 2.05) is 29.7 Å². The number of aromatic amines is 1. The Labute approximate surface area is 179 Å². The average molecular weight is 418 g/mol. The smallest absolute Gasteiger partial charge is 0.297 e. The number of carbonyl (C=O) groups is 1. The van der Waals surface area contributed by atoms with Crippen LogP contribution in [-0.2, 0) is 0 Å². The summed E-state index contributed by atoms with van der Waals surface area (Å²) in [6.07, 6.45) is 0. The highest BCUT2D eigenvalue weighted by Crippen LogP contribution is 2.37. The summed E-state index contributed by atoms with van der Waals surface area (Å²) in [5, 5.41) is 18.9. The fourth-order valence-electron chi connectivity index (χ4n) is 3.76. The Morgan fingerprint density at radius 1 is 1.10 bits per heavy atom. The lowest BCUT2D eigenvalue weighted by molar-refractivity contribution is 0.0994. The number of azo groups is 1. The molecule has 31 heavy (non-hydrogen) atoms. The predicted molar refractivity (Wildman–Crippen MR) is 118 cm³/mol. The van der Waals surface area contributed by atoms with Crippen LogP contribution >= 0.6 is 0 Å². The molecule has 4 rings (SSSR count). The highest BCUT2D eigenvalue weighted by Gasteiger charge is 2.18. The number of amides is 1. The largest absolute Gasteiger partial charge is 0.493 e. The van der Waals surface area contributed by atoms with E-state index >= 15 is 0 Å². The molecule has 0 unspecified atom stereocenters. The van der Waals surface area contributed by atoms with Crippen molar-refractivity contribution in [2.24, 2.45) is 10.2 Å². The summed E-state index contributed by atoms with van der Waals surface area (Å²) in [5.41, 5.74) is 4.70. The van der Waals surface area contributed by atoms with Crippen LogP contribution in [0, 0.1) is 19.7 Å². The minimum atomic E-state index is -0.518. The van der Waals surface area contributed by atoms with Crippen molar-refractivity contribution in [3.05, 3.63) is 76.9 Å². The van der Waals surface area contributed by atoms with Gasteiger partial charge in [0.15, 0.2) is 5.69 Å². The van der Waals surface area contributed by atoms with Crippen molar-refractivity contribution in [2.75, 3.05) is 0 Å². The van der Waals surface area contributed by atoms with Gasteiger partial charge >= 0.3 is 0 Å². The number of rotatable bonds is 4. The van der Waals surface area contributed by atoms with Crippen molar-refractivity contribution in [3.8, 4) is 11.6 Å². The summed E-state index contributed by atoms with van der Waals surface area (Å²) in [6.45, 7) is 7.82. The van der Waals surface area contributed by atoms with Crippen molar-refractivity contribution in [2.45, 2.75) is 33.6 Å². The van der Waals surface area contributed by atoms with Crippen molar-refractivity contribution >= 4 is 22.5 Å². The van der Waals surface area contributed by atoms with Crippen LogP contribution in [0.15, 0.2) is 58.8 Å². The van der Waals surface area contributed by atoms with Crippen LogP contribution in [0.3, 0.4) is 0 Å². The van der Waals surface area contributed by atoms with Crippen LogP contribution in [0.2, 0.25) is 0 Å². The van der Waals surface area contributed by atoms with E-state index in [1.165, 1.54) is 12.1 Å². The molecule has 0 fully saturated rings. The van der Waals surface area contributed by atoms with Crippen LogP contribution in [0.4, 0.5) is 10.1 Å². The molecular formula is C24H23FN4O2. The number of benzene rings is 2. The van der Waals surface area contributed by atoms with Gasteiger partial charge in [0, 0.05) is 22.5 Å². The lowest BCUT2D eigenvalue weighted by Gasteiger charge is -2.09. The zero-order valence-corrected chi connectivity index (χ0v) is 17.8. The molecule has 6 nitrogen and oxygen atoms in total. The van der Waals surface area contributed by atoms with Gasteiger partial charge in [-0.05, 0) is 67.8 Å².